The summed E-state index contributed by atoms with van der Waals surface area (Å²) >= 11 is 1.61. The number of aryl methyl sites for hydroxylation is 1. The summed E-state index contributed by atoms with van der Waals surface area (Å²) in [7, 11) is 0. The molecular formula is C10H12OS. The van der Waals surface area contributed by atoms with Crippen LogP contribution in [-0.4, -0.2) is 5.78 Å². The normalized spacial score (nSPS) is 10.8. The van der Waals surface area contributed by atoms with Crippen molar-refractivity contribution in [2.75, 3.05) is 0 Å². The maximum atomic E-state index is 11.4. The standard InChI is InChI=1S/C10H12OS/c1-3-4-5-10(11)9-6-7-12-8(9)2/h4-7H,3H2,1-2H3/b5-4+. The van der Waals surface area contributed by atoms with Crippen molar-refractivity contribution >= 4 is 17.1 Å². The van der Waals surface area contributed by atoms with Crippen molar-refractivity contribution in [1.82, 2.24) is 0 Å². The first kappa shape index (κ1) is 9.20. The van der Waals surface area contributed by atoms with E-state index in [1.807, 2.05) is 31.4 Å². The third kappa shape index (κ3) is 2.05. The van der Waals surface area contributed by atoms with Crippen LogP contribution in [0.4, 0.5) is 0 Å². The Morgan fingerprint density at radius 1 is 1.67 bits per heavy atom. The van der Waals surface area contributed by atoms with Gasteiger partial charge in [0.2, 0.25) is 0 Å². The lowest BCUT2D eigenvalue weighted by atomic mass is 10.1. The highest BCUT2D eigenvalue weighted by Gasteiger charge is 2.05. The van der Waals surface area contributed by atoms with Gasteiger partial charge in [0, 0.05) is 10.4 Å². The van der Waals surface area contributed by atoms with E-state index in [-0.39, 0.29) is 5.78 Å². The maximum Gasteiger partial charge on any atom is 0.186 e. The molecule has 0 fully saturated rings. The number of carbonyl (C=O) groups is 1. The Hall–Kier alpha value is -0.890. The second kappa shape index (κ2) is 4.21. The molecule has 1 heterocycles. The maximum absolute atomic E-state index is 11.4. The van der Waals surface area contributed by atoms with Crippen LogP contribution >= 0.6 is 11.3 Å². The van der Waals surface area contributed by atoms with Crippen molar-refractivity contribution < 1.29 is 4.79 Å². The van der Waals surface area contributed by atoms with Gasteiger partial charge in [-0.05, 0) is 30.9 Å². The highest BCUT2D eigenvalue weighted by Crippen LogP contribution is 2.15. The zero-order valence-corrected chi connectivity index (χ0v) is 8.15. The van der Waals surface area contributed by atoms with Crippen molar-refractivity contribution in [3.05, 3.63) is 34.0 Å². The van der Waals surface area contributed by atoms with Crippen molar-refractivity contribution in [2.45, 2.75) is 20.3 Å². The van der Waals surface area contributed by atoms with Crippen molar-refractivity contribution in [1.29, 1.82) is 0 Å². The van der Waals surface area contributed by atoms with E-state index in [0.29, 0.717) is 0 Å². The van der Waals surface area contributed by atoms with Gasteiger partial charge in [0.1, 0.15) is 0 Å². The molecule has 0 spiro atoms. The molecule has 2 heteroatoms. The molecule has 0 amide bonds. The first-order valence-electron chi connectivity index (χ1n) is 4.00. The first-order chi connectivity index (χ1) is 5.75. The Morgan fingerprint density at radius 3 is 2.92 bits per heavy atom. The number of rotatable bonds is 3. The van der Waals surface area contributed by atoms with Crippen LogP contribution < -0.4 is 0 Å². The van der Waals surface area contributed by atoms with Gasteiger partial charge in [-0.1, -0.05) is 13.0 Å². The molecule has 0 saturated heterocycles. The topological polar surface area (TPSA) is 17.1 Å². The zero-order chi connectivity index (χ0) is 8.97. The zero-order valence-electron chi connectivity index (χ0n) is 7.33. The summed E-state index contributed by atoms with van der Waals surface area (Å²) in [4.78, 5) is 12.5. The molecule has 1 aromatic rings. The fourth-order valence-electron chi connectivity index (χ4n) is 0.955. The summed E-state index contributed by atoms with van der Waals surface area (Å²) in [6, 6.07) is 1.88. The van der Waals surface area contributed by atoms with E-state index in [4.69, 9.17) is 0 Å². The average molecular weight is 180 g/mol. The van der Waals surface area contributed by atoms with Crippen molar-refractivity contribution in [2.24, 2.45) is 0 Å². The molecule has 0 atom stereocenters. The lowest BCUT2D eigenvalue weighted by Crippen LogP contribution is -1.92. The first-order valence-corrected chi connectivity index (χ1v) is 4.88. The minimum atomic E-state index is 0.121. The number of hydrogen-bond acceptors (Lipinski definition) is 2. The molecule has 0 aliphatic rings. The van der Waals surface area contributed by atoms with Gasteiger partial charge in [-0.3, -0.25) is 4.79 Å². The number of hydrogen-bond donors (Lipinski definition) is 0. The second-order valence-corrected chi connectivity index (χ2v) is 3.69. The molecular weight excluding hydrogens is 168 g/mol. The lowest BCUT2D eigenvalue weighted by Gasteiger charge is -1.91. The molecule has 0 N–H and O–H groups in total. The van der Waals surface area contributed by atoms with Gasteiger partial charge >= 0.3 is 0 Å². The van der Waals surface area contributed by atoms with E-state index in [0.717, 1.165) is 16.9 Å². The Morgan fingerprint density at radius 2 is 2.42 bits per heavy atom. The van der Waals surface area contributed by atoms with Gasteiger partial charge in [0.05, 0.1) is 0 Å². The number of ketones is 1. The highest BCUT2D eigenvalue weighted by molar-refractivity contribution is 7.10. The van der Waals surface area contributed by atoms with Crippen LogP contribution in [0.3, 0.4) is 0 Å². The molecule has 64 valence electrons. The summed E-state index contributed by atoms with van der Waals surface area (Å²) in [6.45, 7) is 3.99. The van der Waals surface area contributed by atoms with Crippen LogP contribution in [-0.2, 0) is 0 Å². The average Bonchev–Trinajstić information content (AvgIpc) is 2.47. The largest absolute Gasteiger partial charge is 0.289 e. The molecule has 0 aliphatic heterocycles. The second-order valence-electron chi connectivity index (χ2n) is 2.57. The third-order valence-corrected chi connectivity index (χ3v) is 2.47. The summed E-state index contributed by atoms with van der Waals surface area (Å²) in [5.74, 6) is 0.121. The van der Waals surface area contributed by atoms with Crippen LogP contribution in [0, 0.1) is 6.92 Å². The minimum Gasteiger partial charge on any atom is -0.289 e. The quantitative estimate of drug-likeness (QED) is 0.515. The van der Waals surface area contributed by atoms with E-state index in [9.17, 15) is 4.79 Å². The number of thiophene rings is 1. The smallest absolute Gasteiger partial charge is 0.186 e. The number of allylic oxidation sites excluding steroid dienone is 2. The van der Waals surface area contributed by atoms with Gasteiger partial charge in [-0.15, -0.1) is 11.3 Å². The Kier molecular flexibility index (Phi) is 3.23. The van der Waals surface area contributed by atoms with Gasteiger partial charge in [0.25, 0.3) is 0 Å². The van der Waals surface area contributed by atoms with Gasteiger partial charge < -0.3 is 0 Å². The summed E-state index contributed by atoms with van der Waals surface area (Å²) in [6.07, 6.45) is 4.45. The molecule has 0 aliphatic carbocycles. The summed E-state index contributed by atoms with van der Waals surface area (Å²) in [5.41, 5.74) is 0.838. The SMILES string of the molecule is CC/C=C/C(=O)c1ccsc1C. The molecule has 0 aromatic carbocycles. The van der Waals surface area contributed by atoms with E-state index in [1.165, 1.54) is 0 Å². The van der Waals surface area contributed by atoms with Crippen LogP contribution in [0.2, 0.25) is 0 Å². The molecule has 1 rings (SSSR count). The fourth-order valence-corrected chi connectivity index (χ4v) is 1.66. The lowest BCUT2D eigenvalue weighted by molar-refractivity contribution is 0.104. The fraction of sp³-hybridized carbons (Fsp3) is 0.300. The monoisotopic (exact) mass is 180 g/mol. The van der Waals surface area contributed by atoms with E-state index in [1.54, 1.807) is 17.4 Å². The molecule has 1 nitrogen and oxygen atoms in total. The Balaban J connectivity index is 2.78. The van der Waals surface area contributed by atoms with Crippen LogP contribution in [0.25, 0.3) is 0 Å². The van der Waals surface area contributed by atoms with E-state index >= 15 is 0 Å². The summed E-state index contributed by atoms with van der Waals surface area (Å²) < 4.78 is 0. The minimum absolute atomic E-state index is 0.121. The van der Waals surface area contributed by atoms with Gasteiger partial charge in [-0.25, -0.2) is 0 Å². The van der Waals surface area contributed by atoms with Gasteiger partial charge in [-0.2, -0.15) is 0 Å². The van der Waals surface area contributed by atoms with Crippen LogP contribution in [0.5, 0.6) is 0 Å². The van der Waals surface area contributed by atoms with Crippen LogP contribution in [0.15, 0.2) is 23.6 Å². The highest BCUT2D eigenvalue weighted by atomic mass is 32.1. The van der Waals surface area contributed by atoms with Crippen molar-refractivity contribution in [3.8, 4) is 0 Å². The predicted molar refractivity (Wildman–Crippen MR) is 52.8 cm³/mol. The Bertz CT molecular complexity index is 297. The predicted octanol–water partition coefficient (Wildman–Crippen LogP) is 3.21. The number of carbonyl (C=O) groups excluding carboxylic acids is 1. The summed E-state index contributed by atoms with van der Waals surface area (Å²) in [5, 5.41) is 1.95. The Labute approximate surface area is 76.7 Å². The van der Waals surface area contributed by atoms with Gasteiger partial charge in [0.15, 0.2) is 5.78 Å². The third-order valence-electron chi connectivity index (χ3n) is 1.63. The molecule has 0 unspecified atom stereocenters. The van der Waals surface area contributed by atoms with Crippen molar-refractivity contribution in [3.63, 3.8) is 0 Å². The van der Waals surface area contributed by atoms with E-state index in [2.05, 4.69) is 0 Å². The van der Waals surface area contributed by atoms with Crippen LogP contribution in [0.1, 0.15) is 28.6 Å². The van der Waals surface area contributed by atoms with E-state index < -0.39 is 0 Å². The molecule has 0 bridgehead atoms. The molecule has 0 saturated carbocycles. The molecule has 1 aromatic heterocycles. The molecule has 0 radical (unpaired) electrons. The molecule has 12 heavy (non-hydrogen) atoms.